The highest BCUT2D eigenvalue weighted by Crippen LogP contribution is 2.29. The van der Waals surface area contributed by atoms with Gasteiger partial charge >= 0.3 is 0 Å². The summed E-state index contributed by atoms with van der Waals surface area (Å²) in [5, 5.41) is 3.34. The van der Waals surface area contributed by atoms with Crippen molar-refractivity contribution in [2.45, 2.75) is 38.2 Å². The lowest BCUT2D eigenvalue weighted by Crippen LogP contribution is -2.44. The zero-order valence-electron chi connectivity index (χ0n) is 16.2. The van der Waals surface area contributed by atoms with E-state index in [1.165, 1.54) is 19.3 Å². The number of ether oxygens (including phenoxy) is 1. The fourth-order valence-corrected chi connectivity index (χ4v) is 4.00. The average Bonchev–Trinajstić information content (AvgIpc) is 2.75. The summed E-state index contributed by atoms with van der Waals surface area (Å²) in [6.45, 7) is 3.66. The van der Waals surface area contributed by atoms with E-state index in [-0.39, 0.29) is 0 Å². The molecule has 148 valence electrons. The van der Waals surface area contributed by atoms with Gasteiger partial charge in [-0.15, -0.1) is 0 Å². The smallest absolute Gasteiger partial charge is 0.250 e. The number of primary amides is 1. The maximum atomic E-state index is 11.9. The maximum absolute atomic E-state index is 11.9. The Bertz CT molecular complexity index is 810. The molecular weight excluding hydrogens is 352 g/mol. The van der Waals surface area contributed by atoms with Crippen LogP contribution in [-0.4, -0.2) is 43.2 Å². The lowest BCUT2D eigenvalue weighted by atomic mass is 9.98. The van der Waals surface area contributed by atoms with E-state index in [1.54, 1.807) is 6.07 Å². The van der Waals surface area contributed by atoms with E-state index < -0.39 is 5.91 Å². The van der Waals surface area contributed by atoms with Crippen LogP contribution in [0.25, 0.3) is 11.3 Å². The molecule has 0 spiro atoms. The summed E-state index contributed by atoms with van der Waals surface area (Å²) in [6, 6.07) is 11.5. The Morgan fingerprint density at radius 2 is 1.75 bits per heavy atom. The minimum atomic E-state index is -0.461. The first-order chi connectivity index (χ1) is 13.7. The van der Waals surface area contributed by atoms with Gasteiger partial charge in [-0.1, -0.05) is 6.42 Å². The Morgan fingerprint density at radius 3 is 2.43 bits per heavy atom. The van der Waals surface area contributed by atoms with Crippen molar-refractivity contribution in [2.75, 3.05) is 31.1 Å². The normalized spacial score (nSPS) is 18.1. The van der Waals surface area contributed by atoms with Crippen molar-refractivity contribution in [1.29, 1.82) is 0 Å². The van der Waals surface area contributed by atoms with E-state index in [0.717, 1.165) is 56.2 Å². The van der Waals surface area contributed by atoms with Crippen molar-refractivity contribution in [2.24, 2.45) is 5.73 Å². The number of nitrogens with zero attached hydrogens (tertiary/aromatic N) is 2. The van der Waals surface area contributed by atoms with Gasteiger partial charge in [0, 0.05) is 31.7 Å². The molecule has 28 heavy (non-hydrogen) atoms. The minimum absolute atomic E-state index is 0.315. The van der Waals surface area contributed by atoms with E-state index in [1.807, 2.05) is 30.3 Å². The molecule has 0 atom stereocenters. The predicted molar refractivity (Wildman–Crippen MR) is 111 cm³/mol. The van der Waals surface area contributed by atoms with Gasteiger partial charge in [-0.3, -0.25) is 4.79 Å². The molecule has 1 aliphatic carbocycles. The summed E-state index contributed by atoms with van der Waals surface area (Å²) in [5.41, 5.74) is 7.56. The molecule has 4 rings (SSSR count). The van der Waals surface area contributed by atoms with Crippen LogP contribution in [0, 0.1) is 0 Å². The van der Waals surface area contributed by atoms with Gasteiger partial charge < -0.3 is 20.7 Å². The standard InChI is InChI=1S/C22H28N4O2/c23-22(27)19-10-11-20(26-14-12-24-13-15-26)25-21(19)16-6-8-18(9-7-16)28-17-4-2-1-3-5-17/h6-11,17,24H,1-5,12-15H2,(H2,23,27). The molecule has 1 aromatic heterocycles. The Kier molecular flexibility index (Phi) is 5.76. The van der Waals surface area contributed by atoms with Crippen molar-refractivity contribution in [3.05, 3.63) is 42.0 Å². The number of carbonyl (C=O) groups is 1. The van der Waals surface area contributed by atoms with E-state index in [9.17, 15) is 4.79 Å². The minimum Gasteiger partial charge on any atom is -0.490 e. The molecule has 6 nitrogen and oxygen atoms in total. The zero-order valence-corrected chi connectivity index (χ0v) is 16.2. The number of hydrogen-bond acceptors (Lipinski definition) is 5. The Hall–Kier alpha value is -2.60. The van der Waals surface area contributed by atoms with Crippen molar-refractivity contribution >= 4 is 11.7 Å². The third kappa shape index (κ3) is 4.28. The third-order valence-electron chi connectivity index (χ3n) is 5.57. The number of rotatable bonds is 5. The van der Waals surface area contributed by atoms with Crippen LogP contribution in [0.5, 0.6) is 5.75 Å². The van der Waals surface area contributed by atoms with Crippen LogP contribution in [0.1, 0.15) is 42.5 Å². The molecular formula is C22H28N4O2. The van der Waals surface area contributed by atoms with Crippen LogP contribution in [0.15, 0.2) is 36.4 Å². The van der Waals surface area contributed by atoms with Crippen LogP contribution in [0.4, 0.5) is 5.82 Å². The van der Waals surface area contributed by atoms with E-state index in [2.05, 4.69) is 10.2 Å². The van der Waals surface area contributed by atoms with Crippen LogP contribution in [-0.2, 0) is 0 Å². The largest absolute Gasteiger partial charge is 0.490 e. The number of piperazine rings is 1. The Balaban J connectivity index is 1.58. The number of benzene rings is 1. The molecule has 1 aromatic carbocycles. The lowest BCUT2D eigenvalue weighted by Gasteiger charge is -2.29. The molecule has 1 aliphatic heterocycles. The summed E-state index contributed by atoms with van der Waals surface area (Å²) in [5.74, 6) is 1.29. The van der Waals surface area contributed by atoms with Crippen molar-refractivity contribution in [1.82, 2.24) is 10.3 Å². The van der Waals surface area contributed by atoms with Gasteiger partial charge in [0.25, 0.3) is 5.91 Å². The molecule has 2 heterocycles. The summed E-state index contributed by atoms with van der Waals surface area (Å²) in [6.07, 6.45) is 6.36. The van der Waals surface area contributed by atoms with Gasteiger partial charge in [0.05, 0.1) is 17.4 Å². The summed E-state index contributed by atoms with van der Waals surface area (Å²) >= 11 is 0. The fourth-order valence-electron chi connectivity index (χ4n) is 4.00. The molecule has 1 saturated carbocycles. The SMILES string of the molecule is NC(=O)c1ccc(N2CCNCC2)nc1-c1ccc(OC2CCCCC2)cc1. The molecule has 1 amide bonds. The summed E-state index contributed by atoms with van der Waals surface area (Å²) in [7, 11) is 0. The first kappa shape index (κ1) is 18.7. The van der Waals surface area contributed by atoms with E-state index >= 15 is 0 Å². The average molecular weight is 380 g/mol. The predicted octanol–water partition coefficient (Wildman–Crippen LogP) is 2.97. The van der Waals surface area contributed by atoms with Gasteiger partial charge in [-0.25, -0.2) is 4.98 Å². The molecule has 2 fully saturated rings. The second-order valence-corrected chi connectivity index (χ2v) is 7.57. The third-order valence-corrected chi connectivity index (χ3v) is 5.57. The van der Waals surface area contributed by atoms with Crippen LogP contribution >= 0.6 is 0 Å². The van der Waals surface area contributed by atoms with Gasteiger partial charge in [0.1, 0.15) is 11.6 Å². The summed E-state index contributed by atoms with van der Waals surface area (Å²) < 4.78 is 6.12. The number of carbonyl (C=O) groups excluding carboxylic acids is 1. The highest BCUT2D eigenvalue weighted by Gasteiger charge is 2.18. The van der Waals surface area contributed by atoms with Crippen LogP contribution in [0.2, 0.25) is 0 Å². The van der Waals surface area contributed by atoms with Gasteiger partial charge in [0.2, 0.25) is 0 Å². The number of nitrogens with two attached hydrogens (primary N) is 1. The van der Waals surface area contributed by atoms with Crippen molar-refractivity contribution < 1.29 is 9.53 Å². The van der Waals surface area contributed by atoms with Gasteiger partial charge in [0.15, 0.2) is 0 Å². The molecule has 2 aromatic rings. The Morgan fingerprint density at radius 1 is 1.04 bits per heavy atom. The highest BCUT2D eigenvalue weighted by atomic mass is 16.5. The first-order valence-electron chi connectivity index (χ1n) is 10.2. The summed E-state index contributed by atoms with van der Waals surface area (Å²) in [4.78, 5) is 19.0. The number of pyridine rings is 1. The molecule has 0 bridgehead atoms. The monoisotopic (exact) mass is 380 g/mol. The number of aromatic nitrogens is 1. The molecule has 3 N–H and O–H groups in total. The first-order valence-corrected chi connectivity index (χ1v) is 10.2. The molecule has 1 saturated heterocycles. The maximum Gasteiger partial charge on any atom is 0.250 e. The second kappa shape index (κ2) is 8.61. The van der Waals surface area contributed by atoms with Gasteiger partial charge in [-0.2, -0.15) is 0 Å². The van der Waals surface area contributed by atoms with Gasteiger partial charge in [-0.05, 0) is 62.1 Å². The van der Waals surface area contributed by atoms with Crippen LogP contribution < -0.4 is 20.7 Å². The topological polar surface area (TPSA) is 80.5 Å². The molecule has 0 unspecified atom stereocenters. The quantitative estimate of drug-likeness (QED) is 0.834. The highest BCUT2D eigenvalue weighted by molar-refractivity contribution is 5.99. The van der Waals surface area contributed by atoms with E-state index in [4.69, 9.17) is 15.5 Å². The number of hydrogen-bond donors (Lipinski definition) is 2. The number of anilines is 1. The van der Waals surface area contributed by atoms with E-state index in [0.29, 0.717) is 17.4 Å². The molecule has 0 radical (unpaired) electrons. The van der Waals surface area contributed by atoms with Crippen LogP contribution in [0.3, 0.4) is 0 Å². The molecule has 6 heteroatoms. The zero-order chi connectivity index (χ0) is 19.3. The second-order valence-electron chi connectivity index (χ2n) is 7.57. The van der Waals surface area contributed by atoms with Crippen molar-refractivity contribution in [3.63, 3.8) is 0 Å². The van der Waals surface area contributed by atoms with Crippen molar-refractivity contribution in [3.8, 4) is 17.0 Å². The lowest BCUT2D eigenvalue weighted by molar-refractivity contribution is 0.100. The molecule has 2 aliphatic rings. The Labute approximate surface area is 166 Å². The fraction of sp³-hybridized carbons (Fsp3) is 0.455. The number of nitrogens with one attached hydrogen (secondary N) is 1. The number of amides is 1.